The van der Waals surface area contributed by atoms with E-state index in [1.807, 2.05) is 31.6 Å². The number of imidazole rings is 1. The van der Waals surface area contributed by atoms with E-state index >= 15 is 0 Å². The van der Waals surface area contributed by atoms with Crippen LogP contribution in [0, 0.1) is 0 Å². The first-order valence-electron chi connectivity index (χ1n) is 4.74. The summed E-state index contributed by atoms with van der Waals surface area (Å²) in [7, 11) is 1.92. The van der Waals surface area contributed by atoms with Gasteiger partial charge in [0.25, 0.3) is 0 Å². The van der Waals surface area contributed by atoms with Gasteiger partial charge in [-0.15, -0.1) is 0 Å². The molecule has 0 fully saturated rings. The lowest BCUT2D eigenvalue weighted by molar-refractivity contribution is 0.742. The Labute approximate surface area is 97.3 Å². The second-order valence-corrected chi connectivity index (χ2v) is 4.14. The van der Waals surface area contributed by atoms with E-state index < -0.39 is 0 Å². The summed E-state index contributed by atoms with van der Waals surface area (Å²) in [5, 5.41) is 3.10. The third-order valence-corrected chi connectivity index (χ3v) is 2.69. The van der Waals surface area contributed by atoms with Crippen molar-refractivity contribution in [3.05, 3.63) is 47.0 Å². The molecule has 1 N–H and O–H groups in total. The standard InChI is InChI=1S/C11H12BrN3/c1-13-8-11-14-6-7-15(11)10-4-2-9(12)3-5-10/h2-7,13H,8H2,1H3. The second kappa shape index (κ2) is 4.59. The Morgan fingerprint density at radius 3 is 2.73 bits per heavy atom. The Bertz CT molecular complexity index is 433. The molecule has 0 spiro atoms. The van der Waals surface area contributed by atoms with E-state index in [-0.39, 0.29) is 0 Å². The summed E-state index contributed by atoms with van der Waals surface area (Å²) in [4.78, 5) is 4.29. The zero-order valence-electron chi connectivity index (χ0n) is 8.44. The van der Waals surface area contributed by atoms with Gasteiger partial charge in [0.1, 0.15) is 5.82 Å². The lowest BCUT2D eigenvalue weighted by atomic mass is 10.3. The molecule has 3 nitrogen and oxygen atoms in total. The molecule has 2 aromatic rings. The van der Waals surface area contributed by atoms with Crippen molar-refractivity contribution in [3.63, 3.8) is 0 Å². The molecular weight excluding hydrogens is 254 g/mol. The SMILES string of the molecule is CNCc1nccn1-c1ccc(Br)cc1. The van der Waals surface area contributed by atoms with Gasteiger partial charge in [0, 0.05) is 22.6 Å². The van der Waals surface area contributed by atoms with Crippen LogP contribution in [0.15, 0.2) is 41.1 Å². The summed E-state index contributed by atoms with van der Waals surface area (Å²) in [5.41, 5.74) is 1.13. The zero-order chi connectivity index (χ0) is 10.7. The van der Waals surface area contributed by atoms with Crippen molar-refractivity contribution in [1.82, 2.24) is 14.9 Å². The summed E-state index contributed by atoms with van der Waals surface area (Å²) in [6.07, 6.45) is 3.78. The third-order valence-electron chi connectivity index (χ3n) is 2.16. The first kappa shape index (κ1) is 10.4. The Morgan fingerprint density at radius 1 is 1.33 bits per heavy atom. The minimum Gasteiger partial charge on any atom is -0.313 e. The molecule has 0 radical (unpaired) electrons. The molecule has 0 aliphatic carbocycles. The maximum absolute atomic E-state index is 4.29. The lowest BCUT2D eigenvalue weighted by Gasteiger charge is -2.07. The summed E-state index contributed by atoms with van der Waals surface area (Å²) in [6, 6.07) is 8.17. The molecule has 78 valence electrons. The van der Waals surface area contributed by atoms with Crippen LogP contribution in [0.5, 0.6) is 0 Å². The highest BCUT2D eigenvalue weighted by Gasteiger charge is 2.02. The van der Waals surface area contributed by atoms with Crippen molar-refractivity contribution in [2.45, 2.75) is 6.54 Å². The van der Waals surface area contributed by atoms with Crippen LogP contribution in [0.2, 0.25) is 0 Å². The van der Waals surface area contributed by atoms with Gasteiger partial charge in [-0.1, -0.05) is 15.9 Å². The smallest absolute Gasteiger partial charge is 0.127 e. The van der Waals surface area contributed by atoms with Gasteiger partial charge >= 0.3 is 0 Å². The second-order valence-electron chi connectivity index (χ2n) is 3.22. The van der Waals surface area contributed by atoms with Crippen LogP contribution >= 0.6 is 15.9 Å². The highest BCUT2D eigenvalue weighted by atomic mass is 79.9. The highest BCUT2D eigenvalue weighted by Crippen LogP contribution is 2.15. The Morgan fingerprint density at radius 2 is 2.07 bits per heavy atom. The van der Waals surface area contributed by atoms with E-state index in [4.69, 9.17) is 0 Å². The quantitative estimate of drug-likeness (QED) is 0.924. The molecule has 0 aliphatic heterocycles. The van der Waals surface area contributed by atoms with Gasteiger partial charge in [0.2, 0.25) is 0 Å². The maximum atomic E-state index is 4.29. The molecule has 0 unspecified atom stereocenters. The maximum Gasteiger partial charge on any atom is 0.127 e. The fraction of sp³-hybridized carbons (Fsp3) is 0.182. The molecule has 0 amide bonds. The normalized spacial score (nSPS) is 10.5. The predicted octanol–water partition coefficient (Wildman–Crippen LogP) is 2.35. The summed E-state index contributed by atoms with van der Waals surface area (Å²) >= 11 is 3.42. The summed E-state index contributed by atoms with van der Waals surface area (Å²) < 4.78 is 3.16. The number of rotatable bonds is 3. The van der Waals surface area contributed by atoms with E-state index in [0.29, 0.717) is 0 Å². The monoisotopic (exact) mass is 265 g/mol. The molecule has 1 aromatic heterocycles. The van der Waals surface area contributed by atoms with E-state index in [0.717, 1.165) is 22.5 Å². The topological polar surface area (TPSA) is 29.9 Å². The van der Waals surface area contributed by atoms with Crippen molar-refractivity contribution < 1.29 is 0 Å². The minimum atomic E-state index is 0.767. The van der Waals surface area contributed by atoms with Crippen molar-refractivity contribution in [2.24, 2.45) is 0 Å². The van der Waals surface area contributed by atoms with E-state index in [1.54, 1.807) is 0 Å². The number of hydrogen-bond acceptors (Lipinski definition) is 2. The van der Waals surface area contributed by atoms with E-state index in [2.05, 4.69) is 42.9 Å². The average Bonchev–Trinajstić information content (AvgIpc) is 2.68. The molecule has 0 aliphatic rings. The molecule has 1 heterocycles. The van der Waals surface area contributed by atoms with Crippen LogP contribution < -0.4 is 5.32 Å². The van der Waals surface area contributed by atoms with Gasteiger partial charge in [-0.2, -0.15) is 0 Å². The van der Waals surface area contributed by atoms with Gasteiger partial charge in [0.05, 0.1) is 6.54 Å². The third kappa shape index (κ3) is 2.27. The largest absolute Gasteiger partial charge is 0.313 e. The number of nitrogens with one attached hydrogen (secondary N) is 1. The Balaban J connectivity index is 2.36. The van der Waals surface area contributed by atoms with Gasteiger partial charge in [-0.25, -0.2) is 4.98 Å². The number of halogens is 1. The van der Waals surface area contributed by atoms with Gasteiger partial charge in [0.15, 0.2) is 0 Å². The molecular formula is C11H12BrN3. The molecule has 1 aromatic carbocycles. The number of nitrogens with zero attached hydrogens (tertiary/aromatic N) is 2. The van der Waals surface area contributed by atoms with Crippen molar-refractivity contribution >= 4 is 15.9 Å². The first-order chi connectivity index (χ1) is 7.31. The van der Waals surface area contributed by atoms with Crippen LogP contribution in [0.1, 0.15) is 5.82 Å². The van der Waals surface area contributed by atoms with Gasteiger partial charge in [-0.05, 0) is 31.3 Å². The van der Waals surface area contributed by atoms with Crippen LogP contribution in [0.3, 0.4) is 0 Å². The van der Waals surface area contributed by atoms with Gasteiger partial charge < -0.3 is 9.88 Å². The predicted molar refractivity (Wildman–Crippen MR) is 64.0 cm³/mol. The molecule has 4 heteroatoms. The first-order valence-corrected chi connectivity index (χ1v) is 5.53. The Hall–Kier alpha value is -1.13. The molecule has 0 atom stereocenters. The lowest BCUT2D eigenvalue weighted by Crippen LogP contribution is -2.10. The summed E-state index contributed by atoms with van der Waals surface area (Å²) in [6.45, 7) is 0.767. The molecule has 0 saturated carbocycles. The van der Waals surface area contributed by atoms with Crippen LogP contribution in [0.25, 0.3) is 5.69 Å². The molecule has 2 rings (SSSR count). The Kier molecular flexibility index (Phi) is 3.18. The fourth-order valence-electron chi connectivity index (χ4n) is 1.46. The number of benzene rings is 1. The molecule has 0 saturated heterocycles. The molecule has 0 bridgehead atoms. The molecule has 15 heavy (non-hydrogen) atoms. The van der Waals surface area contributed by atoms with Crippen molar-refractivity contribution in [1.29, 1.82) is 0 Å². The number of aromatic nitrogens is 2. The van der Waals surface area contributed by atoms with Crippen LogP contribution in [-0.4, -0.2) is 16.6 Å². The highest BCUT2D eigenvalue weighted by molar-refractivity contribution is 9.10. The van der Waals surface area contributed by atoms with Crippen molar-refractivity contribution in [2.75, 3.05) is 7.05 Å². The van der Waals surface area contributed by atoms with Crippen molar-refractivity contribution in [3.8, 4) is 5.69 Å². The van der Waals surface area contributed by atoms with Gasteiger partial charge in [-0.3, -0.25) is 0 Å². The number of hydrogen-bond donors (Lipinski definition) is 1. The average molecular weight is 266 g/mol. The zero-order valence-corrected chi connectivity index (χ0v) is 10.0. The minimum absolute atomic E-state index is 0.767. The fourth-order valence-corrected chi connectivity index (χ4v) is 1.72. The summed E-state index contributed by atoms with van der Waals surface area (Å²) in [5.74, 6) is 1.01. The van der Waals surface area contributed by atoms with Crippen LogP contribution in [-0.2, 0) is 6.54 Å². The van der Waals surface area contributed by atoms with E-state index in [1.165, 1.54) is 0 Å². The van der Waals surface area contributed by atoms with Crippen LogP contribution in [0.4, 0.5) is 0 Å². The van der Waals surface area contributed by atoms with E-state index in [9.17, 15) is 0 Å².